The number of nitrogen functional groups attached to an aromatic ring is 2. The third-order valence-corrected chi connectivity index (χ3v) is 2.40. The van der Waals surface area contributed by atoms with E-state index in [4.69, 9.17) is 16.2 Å². The van der Waals surface area contributed by atoms with Gasteiger partial charge in [0.1, 0.15) is 11.6 Å². The van der Waals surface area contributed by atoms with Crippen LogP contribution in [-0.4, -0.2) is 16.9 Å². The predicted octanol–water partition coefficient (Wildman–Crippen LogP) is 1.10. The Labute approximate surface area is 93.6 Å². The molecule has 0 fully saturated rings. The summed E-state index contributed by atoms with van der Waals surface area (Å²) in [7, 11) is 1.64. The average molecular weight is 218 g/mol. The van der Waals surface area contributed by atoms with Gasteiger partial charge in [0.05, 0.1) is 25.5 Å². The molecule has 5 nitrogen and oxygen atoms in total. The molecule has 16 heavy (non-hydrogen) atoms. The van der Waals surface area contributed by atoms with Crippen LogP contribution in [0, 0.1) is 0 Å². The van der Waals surface area contributed by atoms with Gasteiger partial charge < -0.3 is 16.2 Å². The molecule has 0 aliphatic heterocycles. The molecule has 0 saturated heterocycles. The molecule has 0 radical (unpaired) electrons. The van der Waals surface area contributed by atoms with Crippen LogP contribution < -0.4 is 16.2 Å². The Hall–Kier alpha value is -2.17. The number of hydrogen-bond donors (Lipinski definition) is 2. The molecule has 0 aliphatic rings. The van der Waals surface area contributed by atoms with E-state index in [9.17, 15) is 0 Å². The van der Waals surface area contributed by atoms with Gasteiger partial charge in [0.15, 0.2) is 0 Å². The van der Waals surface area contributed by atoms with E-state index in [2.05, 4.69) is 5.10 Å². The van der Waals surface area contributed by atoms with Crippen LogP contribution in [-0.2, 0) is 6.54 Å². The highest BCUT2D eigenvalue weighted by Crippen LogP contribution is 2.16. The fourth-order valence-electron chi connectivity index (χ4n) is 1.44. The first-order valence-electron chi connectivity index (χ1n) is 4.90. The lowest BCUT2D eigenvalue weighted by Gasteiger charge is -2.05. The van der Waals surface area contributed by atoms with Gasteiger partial charge in [0.25, 0.3) is 0 Å². The Morgan fingerprint density at radius 2 is 1.94 bits per heavy atom. The minimum atomic E-state index is 0.496. The van der Waals surface area contributed by atoms with Crippen molar-refractivity contribution in [1.82, 2.24) is 9.78 Å². The van der Waals surface area contributed by atoms with E-state index < -0.39 is 0 Å². The fourth-order valence-corrected chi connectivity index (χ4v) is 1.44. The lowest BCUT2D eigenvalue weighted by molar-refractivity contribution is 0.414. The summed E-state index contributed by atoms with van der Waals surface area (Å²) in [6.45, 7) is 0.604. The highest BCUT2D eigenvalue weighted by atomic mass is 16.5. The summed E-state index contributed by atoms with van der Waals surface area (Å²) >= 11 is 0. The van der Waals surface area contributed by atoms with Gasteiger partial charge in [-0.25, -0.2) is 4.68 Å². The lowest BCUT2D eigenvalue weighted by Crippen LogP contribution is -2.06. The summed E-state index contributed by atoms with van der Waals surface area (Å²) in [5.41, 5.74) is 13.0. The van der Waals surface area contributed by atoms with Gasteiger partial charge in [-0.15, -0.1) is 0 Å². The molecule has 0 bridgehead atoms. The fraction of sp³-hybridized carbons (Fsp3) is 0.182. The second-order valence-electron chi connectivity index (χ2n) is 3.49. The molecule has 0 spiro atoms. The first kappa shape index (κ1) is 10.4. The van der Waals surface area contributed by atoms with Crippen LogP contribution in [0.3, 0.4) is 0 Å². The van der Waals surface area contributed by atoms with E-state index in [1.54, 1.807) is 18.0 Å². The maximum Gasteiger partial charge on any atom is 0.145 e. The second-order valence-corrected chi connectivity index (χ2v) is 3.49. The number of hydrogen-bond acceptors (Lipinski definition) is 4. The van der Waals surface area contributed by atoms with Crippen molar-refractivity contribution < 1.29 is 4.74 Å². The molecule has 0 atom stereocenters. The number of nitrogens with zero attached hydrogens (tertiary/aromatic N) is 2. The van der Waals surface area contributed by atoms with Crippen LogP contribution in [0.2, 0.25) is 0 Å². The molecule has 1 aromatic heterocycles. The maximum atomic E-state index is 5.76. The van der Waals surface area contributed by atoms with E-state index >= 15 is 0 Å². The molecule has 4 N–H and O–H groups in total. The molecule has 0 amide bonds. The summed E-state index contributed by atoms with van der Waals surface area (Å²) in [4.78, 5) is 0. The standard InChI is InChI=1S/C11H14N4O/c1-16-9-4-2-8(3-5-9)7-15-11(13)10(12)6-14-15/h2-6H,7,12-13H2,1H3. The van der Waals surface area contributed by atoms with Gasteiger partial charge in [0.2, 0.25) is 0 Å². The SMILES string of the molecule is COc1ccc(Cn2ncc(N)c2N)cc1. The molecule has 1 aromatic carbocycles. The number of nitrogens with two attached hydrogens (primary N) is 2. The van der Waals surface area contributed by atoms with Gasteiger partial charge in [-0.2, -0.15) is 5.10 Å². The largest absolute Gasteiger partial charge is 0.497 e. The summed E-state index contributed by atoms with van der Waals surface area (Å²) in [5, 5.41) is 4.09. The quantitative estimate of drug-likeness (QED) is 0.808. The van der Waals surface area contributed by atoms with Crippen molar-refractivity contribution in [2.24, 2.45) is 0 Å². The van der Waals surface area contributed by atoms with Crippen molar-refractivity contribution in [3.05, 3.63) is 36.0 Å². The van der Waals surface area contributed by atoms with E-state index in [0.717, 1.165) is 11.3 Å². The molecule has 5 heteroatoms. The van der Waals surface area contributed by atoms with Crippen molar-refractivity contribution in [2.75, 3.05) is 18.6 Å². The Balaban J connectivity index is 2.17. The minimum absolute atomic E-state index is 0.496. The molecule has 2 rings (SSSR count). The average Bonchev–Trinajstić information content (AvgIpc) is 2.62. The number of aromatic nitrogens is 2. The lowest BCUT2D eigenvalue weighted by atomic mass is 10.2. The third kappa shape index (κ3) is 1.93. The topological polar surface area (TPSA) is 79.1 Å². The van der Waals surface area contributed by atoms with Crippen LogP contribution in [0.25, 0.3) is 0 Å². The molecule has 84 valence electrons. The molecule has 0 unspecified atom stereocenters. The number of anilines is 2. The zero-order valence-corrected chi connectivity index (χ0v) is 9.05. The Morgan fingerprint density at radius 1 is 1.25 bits per heavy atom. The minimum Gasteiger partial charge on any atom is -0.497 e. The van der Waals surface area contributed by atoms with Crippen molar-refractivity contribution in [3.63, 3.8) is 0 Å². The second kappa shape index (κ2) is 4.14. The van der Waals surface area contributed by atoms with Gasteiger partial charge in [0, 0.05) is 0 Å². The highest BCUT2D eigenvalue weighted by molar-refractivity contribution is 5.57. The van der Waals surface area contributed by atoms with Crippen LogP contribution in [0.1, 0.15) is 5.56 Å². The molecule has 1 heterocycles. The Kier molecular flexibility index (Phi) is 2.68. The Morgan fingerprint density at radius 3 is 2.44 bits per heavy atom. The van der Waals surface area contributed by atoms with Crippen LogP contribution in [0.5, 0.6) is 5.75 Å². The summed E-state index contributed by atoms with van der Waals surface area (Å²) in [6.07, 6.45) is 1.55. The van der Waals surface area contributed by atoms with E-state index in [1.807, 2.05) is 24.3 Å². The maximum absolute atomic E-state index is 5.76. The number of rotatable bonds is 3. The van der Waals surface area contributed by atoms with Crippen molar-refractivity contribution in [1.29, 1.82) is 0 Å². The van der Waals surface area contributed by atoms with Crippen LogP contribution >= 0.6 is 0 Å². The van der Waals surface area contributed by atoms with Crippen LogP contribution in [0.4, 0.5) is 11.5 Å². The molecule has 2 aromatic rings. The van der Waals surface area contributed by atoms with Crippen LogP contribution in [0.15, 0.2) is 30.5 Å². The van der Waals surface area contributed by atoms with E-state index in [-0.39, 0.29) is 0 Å². The zero-order valence-electron chi connectivity index (χ0n) is 9.05. The molecule has 0 saturated carbocycles. The summed E-state index contributed by atoms with van der Waals surface area (Å²) in [5.74, 6) is 1.33. The van der Waals surface area contributed by atoms with Crippen molar-refractivity contribution in [2.45, 2.75) is 6.54 Å². The zero-order chi connectivity index (χ0) is 11.5. The third-order valence-electron chi connectivity index (χ3n) is 2.40. The predicted molar refractivity (Wildman–Crippen MR) is 63.1 cm³/mol. The molecular weight excluding hydrogens is 204 g/mol. The van der Waals surface area contributed by atoms with Gasteiger partial charge >= 0.3 is 0 Å². The monoisotopic (exact) mass is 218 g/mol. The Bertz CT molecular complexity index is 475. The smallest absolute Gasteiger partial charge is 0.145 e. The summed E-state index contributed by atoms with van der Waals surface area (Å²) < 4.78 is 6.74. The van der Waals surface area contributed by atoms with Crippen molar-refractivity contribution >= 4 is 11.5 Å². The number of ether oxygens (including phenoxy) is 1. The van der Waals surface area contributed by atoms with Gasteiger partial charge in [-0.05, 0) is 17.7 Å². The van der Waals surface area contributed by atoms with E-state index in [0.29, 0.717) is 18.1 Å². The first-order chi connectivity index (χ1) is 7.70. The van der Waals surface area contributed by atoms with Gasteiger partial charge in [-0.1, -0.05) is 12.1 Å². The normalized spacial score (nSPS) is 10.3. The van der Waals surface area contributed by atoms with Crippen molar-refractivity contribution in [3.8, 4) is 5.75 Å². The molecular formula is C11H14N4O. The number of benzene rings is 1. The van der Waals surface area contributed by atoms with Gasteiger partial charge in [-0.3, -0.25) is 0 Å². The van der Waals surface area contributed by atoms with E-state index in [1.165, 1.54) is 0 Å². The first-order valence-corrected chi connectivity index (χ1v) is 4.90. The number of methoxy groups -OCH3 is 1. The molecule has 0 aliphatic carbocycles. The highest BCUT2D eigenvalue weighted by Gasteiger charge is 2.04. The summed E-state index contributed by atoms with van der Waals surface area (Å²) in [6, 6.07) is 7.74.